The molecule has 5 heteroatoms. The molecule has 0 atom stereocenters. The van der Waals surface area contributed by atoms with Crippen molar-refractivity contribution in [3.63, 3.8) is 0 Å². The SMILES string of the molecule is Cc1nc2cc(NCc3sccc3C)c(N)cc2s1. The van der Waals surface area contributed by atoms with E-state index in [9.17, 15) is 0 Å². The molecule has 0 aliphatic rings. The number of aryl methyl sites for hydroxylation is 2. The molecule has 0 aliphatic heterocycles. The minimum atomic E-state index is 0.783. The van der Waals surface area contributed by atoms with Gasteiger partial charge in [0.25, 0.3) is 0 Å². The molecule has 0 saturated heterocycles. The summed E-state index contributed by atoms with van der Waals surface area (Å²) >= 11 is 3.44. The van der Waals surface area contributed by atoms with Gasteiger partial charge in [0.05, 0.1) is 26.6 Å². The van der Waals surface area contributed by atoms with Gasteiger partial charge in [0.15, 0.2) is 0 Å². The second-order valence-corrected chi connectivity index (χ2v) is 6.76. The average Bonchev–Trinajstić information content (AvgIpc) is 2.91. The normalized spacial score (nSPS) is 11.1. The van der Waals surface area contributed by atoms with Crippen molar-refractivity contribution in [2.45, 2.75) is 20.4 Å². The van der Waals surface area contributed by atoms with Gasteiger partial charge in [-0.1, -0.05) is 0 Å². The highest BCUT2D eigenvalue weighted by atomic mass is 32.1. The molecule has 2 heterocycles. The maximum Gasteiger partial charge on any atom is 0.0907 e. The van der Waals surface area contributed by atoms with Gasteiger partial charge < -0.3 is 11.1 Å². The van der Waals surface area contributed by atoms with E-state index in [0.29, 0.717) is 0 Å². The van der Waals surface area contributed by atoms with Crippen LogP contribution in [0.25, 0.3) is 10.2 Å². The van der Waals surface area contributed by atoms with E-state index in [1.807, 2.05) is 19.1 Å². The van der Waals surface area contributed by atoms with Gasteiger partial charge in [-0.05, 0) is 43.0 Å². The van der Waals surface area contributed by atoms with Gasteiger partial charge in [0.1, 0.15) is 0 Å². The van der Waals surface area contributed by atoms with Crippen molar-refractivity contribution in [1.82, 2.24) is 4.98 Å². The highest BCUT2D eigenvalue weighted by molar-refractivity contribution is 7.18. The summed E-state index contributed by atoms with van der Waals surface area (Å²) in [6, 6.07) is 6.18. The van der Waals surface area contributed by atoms with Gasteiger partial charge in [-0.25, -0.2) is 4.98 Å². The fraction of sp³-hybridized carbons (Fsp3) is 0.214. The second kappa shape index (κ2) is 4.83. The Morgan fingerprint density at radius 1 is 1.32 bits per heavy atom. The van der Waals surface area contributed by atoms with E-state index in [4.69, 9.17) is 5.73 Å². The molecule has 2 aromatic heterocycles. The number of aromatic nitrogens is 1. The Kier molecular flexibility index (Phi) is 3.16. The fourth-order valence-electron chi connectivity index (χ4n) is 2.02. The molecule has 1 aromatic carbocycles. The smallest absolute Gasteiger partial charge is 0.0907 e. The zero-order valence-electron chi connectivity index (χ0n) is 10.9. The minimum Gasteiger partial charge on any atom is -0.397 e. The van der Waals surface area contributed by atoms with E-state index in [-0.39, 0.29) is 0 Å². The lowest BCUT2D eigenvalue weighted by molar-refractivity contribution is 1.17. The number of anilines is 2. The molecule has 0 saturated carbocycles. The van der Waals surface area contributed by atoms with E-state index >= 15 is 0 Å². The third-order valence-electron chi connectivity index (χ3n) is 3.07. The number of thiophene rings is 1. The molecule has 0 unspecified atom stereocenters. The maximum atomic E-state index is 6.09. The number of benzene rings is 1. The molecule has 0 amide bonds. The van der Waals surface area contributed by atoms with Crippen molar-refractivity contribution in [3.05, 3.63) is 39.0 Å². The van der Waals surface area contributed by atoms with E-state index in [0.717, 1.165) is 33.1 Å². The van der Waals surface area contributed by atoms with Crippen LogP contribution in [0.5, 0.6) is 0 Å². The third-order valence-corrected chi connectivity index (χ3v) is 5.03. The first-order chi connectivity index (χ1) is 9.13. The molecule has 0 spiro atoms. The van der Waals surface area contributed by atoms with Crippen LogP contribution in [0.15, 0.2) is 23.6 Å². The summed E-state index contributed by atoms with van der Waals surface area (Å²) in [5.41, 5.74) is 10.2. The second-order valence-electron chi connectivity index (χ2n) is 4.52. The van der Waals surface area contributed by atoms with Gasteiger partial charge in [-0.2, -0.15) is 0 Å². The van der Waals surface area contributed by atoms with Crippen molar-refractivity contribution >= 4 is 44.3 Å². The molecule has 0 aliphatic carbocycles. The predicted octanol–water partition coefficient (Wildman–Crippen LogP) is 4.17. The van der Waals surface area contributed by atoms with E-state index < -0.39 is 0 Å². The quantitative estimate of drug-likeness (QED) is 0.712. The summed E-state index contributed by atoms with van der Waals surface area (Å²) in [7, 11) is 0. The number of rotatable bonds is 3. The summed E-state index contributed by atoms with van der Waals surface area (Å²) in [4.78, 5) is 5.84. The molecular formula is C14H15N3S2. The Morgan fingerprint density at radius 3 is 2.89 bits per heavy atom. The molecule has 19 heavy (non-hydrogen) atoms. The number of hydrogen-bond donors (Lipinski definition) is 2. The van der Waals surface area contributed by atoms with Crippen LogP contribution >= 0.6 is 22.7 Å². The van der Waals surface area contributed by atoms with Gasteiger partial charge in [-0.15, -0.1) is 22.7 Å². The number of nitrogens with one attached hydrogen (secondary N) is 1. The number of fused-ring (bicyclic) bond motifs is 1. The Labute approximate surface area is 120 Å². The predicted molar refractivity (Wildman–Crippen MR) is 85.2 cm³/mol. The molecule has 0 bridgehead atoms. The molecule has 3 nitrogen and oxygen atoms in total. The molecule has 0 fully saturated rings. The number of thiazole rings is 1. The minimum absolute atomic E-state index is 0.783. The fourth-order valence-corrected chi connectivity index (χ4v) is 3.72. The van der Waals surface area contributed by atoms with Crippen molar-refractivity contribution in [3.8, 4) is 0 Å². The zero-order valence-corrected chi connectivity index (χ0v) is 12.5. The van der Waals surface area contributed by atoms with Crippen molar-refractivity contribution in [1.29, 1.82) is 0 Å². The van der Waals surface area contributed by atoms with Crippen LogP contribution in [-0.4, -0.2) is 4.98 Å². The molecule has 3 aromatic rings. The first-order valence-electron chi connectivity index (χ1n) is 6.07. The lowest BCUT2D eigenvalue weighted by Crippen LogP contribution is -2.02. The average molecular weight is 289 g/mol. The zero-order chi connectivity index (χ0) is 13.4. The van der Waals surface area contributed by atoms with Crippen molar-refractivity contribution in [2.24, 2.45) is 0 Å². The van der Waals surface area contributed by atoms with Gasteiger partial charge >= 0.3 is 0 Å². The van der Waals surface area contributed by atoms with E-state index in [2.05, 4.69) is 28.7 Å². The summed E-state index contributed by atoms with van der Waals surface area (Å²) in [6.07, 6.45) is 0. The summed E-state index contributed by atoms with van der Waals surface area (Å²) < 4.78 is 1.15. The number of nitrogens with zero attached hydrogens (tertiary/aromatic N) is 1. The van der Waals surface area contributed by atoms with Crippen LogP contribution in [0.1, 0.15) is 15.4 Å². The van der Waals surface area contributed by atoms with E-state index in [1.54, 1.807) is 22.7 Å². The van der Waals surface area contributed by atoms with Crippen molar-refractivity contribution < 1.29 is 0 Å². The standard InChI is InChI=1S/C14H15N3S2/c1-8-3-4-18-14(8)7-16-11-6-12-13(5-10(11)15)19-9(2)17-12/h3-6,16H,7,15H2,1-2H3. The topological polar surface area (TPSA) is 50.9 Å². The van der Waals surface area contributed by atoms with Crippen LogP contribution < -0.4 is 11.1 Å². The third kappa shape index (κ3) is 2.43. The van der Waals surface area contributed by atoms with Gasteiger partial charge in [0, 0.05) is 11.4 Å². The Hall–Kier alpha value is -1.59. The molecule has 98 valence electrons. The molecular weight excluding hydrogens is 274 g/mol. The number of hydrogen-bond acceptors (Lipinski definition) is 5. The summed E-state index contributed by atoms with van der Waals surface area (Å²) in [6.45, 7) is 4.95. The Balaban J connectivity index is 1.88. The Morgan fingerprint density at radius 2 is 2.16 bits per heavy atom. The molecule has 3 N–H and O–H groups in total. The van der Waals surface area contributed by atoms with Crippen molar-refractivity contribution in [2.75, 3.05) is 11.1 Å². The summed E-state index contributed by atoms with van der Waals surface area (Å²) in [5, 5.41) is 6.59. The first kappa shape index (κ1) is 12.4. The summed E-state index contributed by atoms with van der Waals surface area (Å²) in [5.74, 6) is 0. The molecule has 3 rings (SSSR count). The highest BCUT2D eigenvalue weighted by Gasteiger charge is 2.07. The van der Waals surface area contributed by atoms with Crippen LogP contribution in [0, 0.1) is 13.8 Å². The number of nitrogens with two attached hydrogens (primary N) is 1. The lowest BCUT2D eigenvalue weighted by atomic mass is 10.2. The Bertz CT molecular complexity index is 727. The maximum absolute atomic E-state index is 6.09. The van der Waals surface area contributed by atoms with E-state index in [1.165, 1.54) is 10.4 Å². The monoisotopic (exact) mass is 289 g/mol. The van der Waals surface area contributed by atoms with Crippen LogP contribution in [0.4, 0.5) is 11.4 Å². The number of nitrogen functional groups attached to an aromatic ring is 1. The van der Waals surface area contributed by atoms with Gasteiger partial charge in [-0.3, -0.25) is 0 Å². The van der Waals surface area contributed by atoms with Gasteiger partial charge in [0.2, 0.25) is 0 Å². The van der Waals surface area contributed by atoms with Crippen LogP contribution in [0.3, 0.4) is 0 Å². The van der Waals surface area contributed by atoms with Crippen LogP contribution in [0.2, 0.25) is 0 Å². The van der Waals surface area contributed by atoms with Crippen LogP contribution in [-0.2, 0) is 6.54 Å². The largest absolute Gasteiger partial charge is 0.397 e. The first-order valence-corrected chi connectivity index (χ1v) is 7.76. The highest BCUT2D eigenvalue weighted by Crippen LogP contribution is 2.30. The lowest BCUT2D eigenvalue weighted by Gasteiger charge is -2.09. The molecule has 0 radical (unpaired) electrons.